The van der Waals surface area contributed by atoms with Gasteiger partial charge in [-0.15, -0.1) is 0 Å². The number of fused-ring (bicyclic) bond motifs is 1. The molecule has 0 radical (unpaired) electrons. The highest BCUT2D eigenvalue weighted by atomic mass is 16.5. The predicted octanol–water partition coefficient (Wildman–Crippen LogP) is 1.15. The Morgan fingerprint density at radius 1 is 1.48 bits per heavy atom. The first-order valence-electron chi connectivity index (χ1n) is 7.60. The van der Waals surface area contributed by atoms with Crippen LogP contribution in [-0.2, 0) is 16.1 Å². The summed E-state index contributed by atoms with van der Waals surface area (Å²) in [5.74, 6) is 0.604. The van der Waals surface area contributed by atoms with Crippen molar-refractivity contribution in [3.8, 4) is 0 Å². The van der Waals surface area contributed by atoms with Gasteiger partial charge < -0.3 is 9.64 Å². The number of likely N-dealkylation sites (tertiary alicyclic amines) is 2. The van der Waals surface area contributed by atoms with Gasteiger partial charge in [0, 0.05) is 58.5 Å². The number of aromatic nitrogens is 1. The monoisotopic (exact) mass is 289 g/mol. The maximum atomic E-state index is 11.9. The topological polar surface area (TPSA) is 45.7 Å². The Labute approximate surface area is 125 Å². The second kappa shape index (κ2) is 6.12. The van der Waals surface area contributed by atoms with Crippen LogP contribution in [0.4, 0.5) is 0 Å². The number of hydrogen-bond acceptors (Lipinski definition) is 4. The summed E-state index contributed by atoms with van der Waals surface area (Å²) in [5.41, 5.74) is 1.22. The van der Waals surface area contributed by atoms with Crippen molar-refractivity contribution in [2.75, 3.05) is 26.7 Å². The Morgan fingerprint density at radius 3 is 3.00 bits per heavy atom. The van der Waals surface area contributed by atoms with Gasteiger partial charge in [-0.05, 0) is 18.1 Å². The molecule has 2 aliphatic heterocycles. The van der Waals surface area contributed by atoms with Crippen molar-refractivity contribution in [1.29, 1.82) is 0 Å². The Morgan fingerprint density at radius 2 is 2.33 bits per heavy atom. The highest BCUT2D eigenvalue weighted by molar-refractivity contribution is 5.73. The van der Waals surface area contributed by atoms with Crippen LogP contribution in [0.2, 0.25) is 0 Å². The lowest BCUT2D eigenvalue weighted by molar-refractivity contribution is -0.136. The van der Waals surface area contributed by atoms with Crippen molar-refractivity contribution < 1.29 is 9.53 Å². The van der Waals surface area contributed by atoms with Gasteiger partial charge >= 0.3 is 0 Å². The fraction of sp³-hybridized carbons (Fsp3) is 0.625. The van der Waals surface area contributed by atoms with Gasteiger partial charge in [0.15, 0.2) is 0 Å². The molecular weight excluding hydrogens is 266 g/mol. The zero-order chi connectivity index (χ0) is 14.8. The van der Waals surface area contributed by atoms with Crippen LogP contribution in [0.3, 0.4) is 0 Å². The summed E-state index contributed by atoms with van der Waals surface area (Å²) in [5, 5.41) is 0. The fourth-order valence-corrected chi connectivity index (χ4v) is 3.80. The maximum absolute atomic E-state index is 11.9. The third-order valence-corrected chi connectivity index (χ3v) is 4.78. The van der Waals surface area contributed by atoms with Gasteiger partial charge in [0.25, 0.3) is 0 Å². The Balaban J connectivity index is 1.72. The number of pyridine rings is 1. The largest absolute Gasteiger partial charge is 0.381 e. The van der Waals surface area contributed by atoms with Gasteiger partial charge in [0.1, 0.15) is 0 Å². The van der Waals surface area contributed by atoms with E-state index in [1.165, 1.54) is 5.56 Å². The average molecular weight is 289 g/mol. The number of carbonyl (C=O) groups is 1. The SMILES string of the molecule is CO[C@@H]1CCN(C(C)=O)[C@@H]2CN(Cc3cccnc3)C[C@@H]21. The number of hydrogen-bond donors (Lipinski definition) is 0. The summed E-state index contributed by atoms with van der Waals surface area (Å²) in [6, 6.07) is 4.36. The van der Waals surface area contributed by atoms with Gasteiger partial charge in [0.2, 0.25) is 5.91 Å². The Bertz CT molecular complexity index is 494. The third kappa shape index (κ3) is 2.94. The van der Waals surface area contributed by atoms with Crippen LogP contribution in [0, 0.1) is 5.92 Å². The normalized spacial score (nSPS) is 29.4. The summed E-state index contributed by atoms with van der Waals surface area (Å²) in [7, 11) is 1.79. The zero-order valence-corrected chi connectivity index (χ0v) is 12.7. The number of ether oxygens (including phenoxy) is 1. The van der Waals surface area contributed by atoms with Crippen molar-refractivity contribution in [1.82, 2.24) is 14.8 Å². The molecule has 21 heavy (non-hydrogen) atoms. The van der Waals surface area contributed by atoms with E-state index in [1.807, 2.05) is 17.2 Å². The van der Waals surface area contributed by atoms with Gasteiger partial charge in [-0.3, -0.25) is 14.7 Å². The lowest BCUT2D eigenvalue weighted by Crippen LogP contribution is -2.52. The summed E-state index contributed by atoms with van der Waals surface area (Å²) >= 11 is 0. The molecule has 0 N–H and O–H groups in total. The molecule has 1 aromatic heterocycles. The van der Waals surface area contributed by atoms with Crippen molar-refractivity contribution in [3.05, 3.63) is 30.1 Å². The standard InChI is InChI=1S/C16H23N3O2/c1-12(20)19-7-5-16(21-2)14-10-18(11-15(14)19)9-13-4-3-6-17-8-13/h3-4,6,8,14-16H,5,7,9-11H2,1-2H3/t14-,15+,16+/m0/s1. The van der Waals surface area contributed by atoms with Crippen molar-refractivity contribution in [2.45, 2.75) is 32.0 Å². The quantitative estimate of drug-likeness (QED) is 0.837. The van der Waals surface area contributed by atoms with E-state index in [-0.39, 0.29) is 18.1 Å². The van der Waals surface area contributed by atoms with Crippen molar-refractivity contribution in [3.63, 3.8) is 0 Å². The van der Waals surface area contributed by atoms with Gasteiger partial charge in [-0.25, -0.2) is 0 Å². The minimum atomic E-state index is 0.183. The number of carbonyl (C=O) groups excluding carboxylic acids is 1. The summed E-state index contributed by atoms with van der Waals surface area (Å²) in [4.78, 5) is 20.5. The first-order chi connectivity index (χ1) is 10.2. The molecule has 5 nitrogen and oxygen atoms in total. The molecule has 0 saturated carbocycles. The second-order valence-electron chi connectivity index (χ2n) is 6.06. The first-order valence-corrected chi connectivity index (χ1v) is 7.60. The minimum Gasteiger partial charge on any atom is -0.381 e. The third-order valence-electron chi connectivity index (χ3n) is 4.78. The van der Waals surface area contributed by atoms with E-state index < -0.39 is 0 Å². The van der Waals surface area contributed by atoms with Gasteiger partial charge in [0.05, 0.1) is 12.1 Å². The van der Waals surface area contributed by atoms with E-state index in [4.69, 9.17) is 4.74 Å². The van der Waals surface area contributed by atoms with Crippen LogP contribution >= 0.6 is 0 Å². The number of rotatable bonds is 3. The van der Waals surface area contributed by atoms with E-state index in [1.54, 1.807) is 20.2 Å². The molecular formula is C16H23N3O2. The Kier molecular flexibility index (Phi) is 4.22. The van der Waals surface area contributed by atoms with Crippen LogP contribution in [0.15, 0.2) is 24.5 Å². The number of nitrogens with zero attached hydrogens (tertiary/aromatic N) is 3. The molecule has 2 aliphatic rings. The van der Waals surface area contributed by atoms with Crippen LogP contribution in [-0.4, -0.2) is 59.6 Å². The lowest BCUT2D eigenvalue weighted by Gasteiger charge is -2.40. The second-order valence-corrected chi connectivity index (χ2v) is 6.06. The van der Waals surface area contributed by atoms with E-state index in [2.05, 4.69) is 16.0 Å². The minimum absolute atomic E-state index is 0.183. The number of methoxy groups -OCH3 is 1. The molecule has 2 fully saturated rings. The average Bonchev–Trinajstić information content (AvgIpc) is 2.90. The molecule has 0 unspecified atom stereocenters. The summed E-state index contributed by atoms with van der Waals surface area (Å²) in [6.45, 7) is 5.30. The molecule has 2 saturated heterocycles. The molecule has 0 spiro atoms. The van der Waals surface area contributed by atoms with Crippen LogP contribution in [0.25, 0.3) is 0 Å². The van der Waals surface area contributed by atoms with Gasteiger partial charge in [-0.2, -0.15) is 0 Å². The molecule has 3 heterocycles. The lowest BCUT2D eigenvalue weighted by atomic mass is 9.89. The molecule has 3 rings (SSSR count). The molecule has 5 heteroatoms. The van der Waals surface area contributed by atoms with Gasteiger partial charge in [-0.1, -0.05) is 6.07 Å². The van der Waals surface area contributed by atoms with Crippen LogP contribution in [0.5, 0.6) is 0 Å². The molecule has 1 amide bonds. The smallest absolute Gasteiger partial charge is 0.219 e. The molecule has 0 aliphatic carbocycles. The van der Waals surface area contributed by atoms with Crippen LogP contribution < -0.4 is 0 Å². The molecule has 114 valence electrons. The molecule has 3 atom stereocenters. The van der Waals surface area contributed by atoms with E-state index in [0.717, 1.165) is 32.6 Å². The van der Waals surface area contributed by atoms with Crippen molar-refractivity contribution in [2.24, 2.45) is 5.92 Å². The maximum Gasteiger partial charge on any atom is 0.219 e. The summed E-state index contributed by atoms with van der Waals surface area (Å²) in [6.07, 6.45) is 4.92. The zero-order valence-electron chi connectivity index (χ0n) is 12.7. The number of amides is 1. The van der Waals surface area contributed by atoms with E-state index in [9.17, 15) is 4.79 Å². The fourth-order valence-electron chi connectivity index (χ4n) is 3.80. The highest BCUT2D eigenvalue weighted by Gasteiger charge is 2.45. The first kappa shape index (κ1) is 14.5. The predicted molar refractivity (Wildman–Crippen MR) is 79.6 cm³/mol. The van der Waals surface area contributed by atoms with Crippen LogP contribution in [0.1, 0.15) is 18.9 Å². The Hall–Kier alpha value is -1.46. The van der Waals surface area contributed by atoms with E-state index in [0.29, 0.717) is 5.92 Å². The van der Waals surface area contributed by atoms with E-state index >= 15 is 0 Å². The molecule has 0 bridgehead atoms. The highest BCUT2D eigenvalue weighted by Crippen LogP contribution is 2.33. The number of piperidine rings is 1. The molecule has 1 aromatic rings. The molecule has 0 aromatic carbocycles. The summed E-state index contributed by atoms with van der Waals surface area (Å²) < 4.78 is 5.65. The van der Waals surface area contributed by atoms with Crippen molar-refractivity contribution >= 4 is 5.91 Å².